The Kier molecular flexibility index (Phi) is 8.18. The summed E-state index contributed by atoms with van der Waals surface area (Å²) in [4.78, 5) is 11.7. The summed E-state index contributed by atoms with van der Waals surface area (Å²) in [5.41, 5.74) is 2.04. The largest absolute Gasteiger partial charge is 0.493 e. The second-order valence-corrected chi connectivity index (χ2v) is 7.19. The van der Waals surface area contributed by atoms with E-state index in [0.29, 0.717) is 24.7 Å². The fraction of sp³-hybridized carbons (Fsp3) is 0.478. The third-order valence-electron chi connectivity index (χ3n) is 4.98. The van der Waals surface area contributed by atoms with Crippen molar-refractivity contribution in [3.8, 4) is 11.5 Å². The van der Waals surface area contributed by atoms with Crippen LogP contribution in [0.2, 0.25) is 0 Å². The molecule has 1 aliphatic rings. The van der Waals surface area contributed by atoms with E-state index in [1.165, 1.54) is 19.3 Å². The zero-order valence-corrected chi connectivity index (χ0v) is 18.3. The van der Waals surface area contributed by atoms with Crippen molar-refractivity contribution < 1.29 is 9.47 Å². The molecule has 0 aliphatic carbocycles. The summed E-state index contributed by atoms with van der Waals surface area (Å²) in [6.45, 7) is 8.11. The molecule has 3 rings (SSSR count). The van der Waals surface area contributed by atoms with E-state index in [-0.39, 0.29) is 0 Å². The third kappa shape index (κ3) is 6.02. The van der Waals surface area contributed by atoms with E-state index < -0.39 is 0 Å². The number of piperidine rings is 1. The van der Waals surface area contributed by atoms with Crippen molar-refractivity contribution in [3.05, 3.63) is 42.1 Å². The number of hydrogen-bond donors (Lipinski definition) is 2. The molecule has 1 aliphatic heterocycles. The maximum absolute atomic E-state index is 5.67. The van der Waals surface area contributed by atoms with Gasteiger partial charge in [0.15, 0.2) is 17.5 Å². The second kappa shape index (κ2) is 11.3. The number of pyridine rings is 1. The van der Waals surface area contributed by atoms with Crippen LogP contribution in [0.4, 0.5) is 11.5 Å². The lowest BCUT2D eigenvalue weighted by Crippen LogP contribution is -2.31. The Balaban J connectivity index is 1.71. The van der Waals surface area contributed by atoms with Gasteiger partial charge in [-0.1, -0.05) is 0 Å². The minimum Gasteiger partial charge on any atom is -0.493 e. The molecule has 0 radical (unpaired) electrons. The number of hydrogen-bond acceptors (Lipinski definition) is 5. The van der Waals surface area contributed by atoms with Gasteiger partial charge in [0.2, 0.25) is 0 Å². The van der Waals surface area contributed by atoms with Gasteiger partial charge in [-0.2, -0.15) is 0 Å². The Morgan fingerprint density at radius 3 is 2.67 bits per heavy atom. The lowest BCUT2D eigenvalue weighted by atomic mass is 10.1. The molecule has 0 bridgehead atoms. The van der Waals surface area contributed by atoms with Crippen molar-refractivity contribution in [2.75, 3.05) is 43.6 Å². The number of nitrogens with zero attached hydrogens (tertiary/aromatic N) is 3. The minimum absolute atomic E-state index is 0.577. The molecule has 2 heterocycles. The molecule has 0 atom stereocenters. The van der Waals surface area contributed by atoms with Crippen LogP contribution in [0, 0.1) is 0 Å². The molecule has 0 saturated carbocycles. The van der Waals surface area contributed by atoms with Gasteiger partial charge in [-0.25, -0.2) is 9.98 Å². The summed E-state index contributed by atoms with van der Waals surface area (Å²) in [6.07, 6.45) is 5.68. The van der Waals surface area contributed by atoms with Crippen LogP contribution in [0.5, 0.6) is 11.5 Å². The Bertz CT molecular complexity index is 834. The summed E-state index contributed by atoms with van der Waals surface area (Å²) in [5.74, 6) is 3.20. The number of rotatable bonds is 8. The Morgan fingerprint density at radius 2 is 1.93 bits per heavy atom. The maximum Gasteiger partial charge on any atom is 0.196 e. The zero-order valence-electron chi connectivity index (χ0n) is 18.3. The van der Waals surface area contributed by atoms with Gasteiger partial charge in [0, 0.05) is 37.6 Å². The lowest BCUT2D eigenvalue weighted by Gasteiger charge is -2.27. The highest BCUT2D eigenvalue weighted by Gasteiger charge is 2.12. The standard InChI is InChI=1S/C23H33N5O2/c1-4-24-23(27-19-9-10-20(29-3)21(16-19)30-5-2)26-17-18-11-12-25-22(15-18)28-13-7-6-8-14-28/h9-12,15-16H,4-8,13-14,17H2,1-3H3,(H2,24,26,27). The van der Waals surface area contributed by atoms with E-state index >= 15 is 0 Å². The van der Waals surface area contributed by atoms with Crippen LogP contribution in [0.15, 0.2) is 41.5 Å². The highest BCUT2D eigenvalue weighted by molar-refractivity contribution is 5.93. The first-order valence-corrected chi connectivity index (χ1v) is 10.8. The summed E-state index contributed by atoms with van der Waals surface area (Å²) in [7, 11) is 1.64. The lowest BCUT2D eigenvalue weighted by molar-refractivity contribution is 0.311. The van der Waals surface area contributed by atoms with E-state index in [2.05, 4.69) is 33.5 Å². The second-order valence-electron chi connectivity index (χ2n) is 7.19. The van der Waals surface area contributed by atoms with Crippen LogP contribution in [-0.4, -0.2) is 44.3 Å². The maximum atomic E-state index is 5.67. The molecule has 2 aromatic rings. The van der Waals surface area contributed by atoms with Crippen LogP contribution in [0.3, 0.4) is 0 Å². The topological polar surface area (TPSA) is 71.0 Å². The van der Waals surface area contributed by atoms with Crippen molar-refractivity contribution in [3.63, 3.8) is 0 Å². The van der Waals surface area contributed by atoms with Crippen LogP contribution < -0.4 is 25.0 Å². The summed E-state index contributed by atoms with van der Waals surface area (Å²) < 4.78 is 11.0. The highest BCUT2D eigenvalue weighted by atomic mass is 16.5. The zero-order chi connectivity index (χ0) is 21.2. The third-order valence-corrected chi connectivity index (χ3v) is 4.98. The van der Waals surface area contributed by atoms with E-state index in [0.717, 1.165) is 42.7 Å². The predicted molar refractivity (Wildman–Crippen MR) is 123 cm³/mol. The fourth-order valence-corrected chi connectivity index (χ4v) is 3.49. The fourth-order valence-electron chi connectivity index (χ4n) is 3.49. The quantitative estimate of drug-likeness (QED) is 0.504. The van der Waals surface area contributed by atoms with E-state index in [9.17, 15) is 0 Å². The average molecular weight is 412 g/mol. The van der Waals surface area contributed by atoms with Gasteiger partial charge in [0.05, 0.1) is 20.3 Å². The van der Waals surface area contributed by atoms with E-state index in [4.69, 9.17) is 14.5 Å². The molecule has 1 aromatic carbocycles. The van der Waals surface area contributed by atoms with Gasteiger partial charge in [0.25, 0.3) is 0 Å². The van der Waals surface area contributed by atoms with E-state index in [1.54, 1.807) is 7.11 Å². The normalized spacial score (nSPS) is 14.4. The molecular formula is C23H33N5O2. The van der Waals surface area contributed by atoms with Gasteiger partial charge in [-0.3, -0.25) is 0 Å². The van der Waals surface area contributed by atoms with Crippen molar-refractivity contribution in [1.82, 2.24) is 10.3 Å². The molecule has 1 aromatic heterocycles. The smallest absolute Gasteiger partial charge is 0.196 e. The number of methoxy groups -OCH3 is 1. The number of aliphatic imine (C=N–C) groups is 1. The van der Waals surface area contributed by atoms with E-state index in [1.807, 2.05) is 37.4 Å². The molecule has 0 unspecified atom stereocenters. The Labute approximate surface area is 179 Å². The molecule has 162 valence electrons. The highest BCUT2D eigenvalue weighted by Crippen LogP contribution is 2.30. The summed E-state index contributed by atoms with van der Waals surface area (Å²) in [6, 6.07) is 9.95. The van der Waals surface area contributed by atoms with Gasteiger partial charge < -0.3 is 25.0 Å². The number of ether oxygens (including phenoxy) is 2. The van der Waals surface area contributed by atoms with Crippen molar-refractivity contribution in [2.24, 2.45) is 4.99 Å². The SMILES string of the molecule is CCNC(=NCc1ccnc(N2CCCCC2)c1)Nc1ccc(OC)c(OCC)c1. The molecule has 7 heteroatoms. The summed E-state index contributed by atoms with van der Waals surface area (Å²) in [5, 5.41) is 6.66. The number of aromatic nitrogens is 1. The average Bonchev–Trinajstić information content (AvgIpc) is 2.79. The van der Waals surface area contributed by atoms with Crippen LogP contribution in [-0.2, 0) is 6.54 Å². The summed E-state index contributed by atoms with van der Waals surface area (Å²) >= 11 is 0. The molecule has 0 spiro atoms. The first-order chi connectivity index (χ1) is 14.7. The number of anilines is 2. The Morgan fingerprint density at radius 1 is 1.10 bits per heavy atom. The molecule has 1 saturated heterocycles. The van der Waals surface area contributed by atoms with Gasteiger partial charge >= 0.3 is 0 Å². The van der Waals surface area contributed by atoms with Gasteiger partial charge in [-0.05, 0) is 62.9 Å². The van der Waals surface area contributed by atoms with Crippen LogP contribution in [0.1, 0.15) is 38.7 Å². The minimum atomic E-state index is 0.577. The molecule has 2 N–H and O–H groups in total. The molecule has 0 amide bonds. The van der Waals surface area contributed by atoms with Crippen molar-refractivity contribution in [2.45, 2.75) is 39.7 Å². The van der Waals surface area contributed by atoms with Crippen molar-refractivity contribution >= 4 is 17.5 Å². The molecular weight excluding hydrogens is 378 g/mol. The predicted octanol–water partition coefficient (Wildman–Crippen LogP) is 4.06. The molecule has 7 nitrogen and oxygen atoms in total. The van der Waals surface area contributed by atoms with Gasteiger partial charge in [0.1, 0.15) is 5.82 Å². The van der Waals surface area contributed by atoms with Crippen LogP contribution in [0.25, 0.3) is 0 Å². The molecule has 1 fully saturated rings. The number of guanidine groups is 1. The first kappa shape index (κ1) is 21.7. The van der Waals surface area contributed by atoms with Crippen LogP contribution >= 0.6 is 0 Å². The van der Waals surface area contributed by atoms with Crippen molar-refractivity contribution in [1.29, 1.82) is 0 Å². The molecule has 30 heavy (non-hydrogen) atoms. The monoisotopic (exact) mass is 411 g/mol. The number of benzene rings is 1. The Hall–Kier alpha value is -2.96. The number of nitrogens with one attached hydrogen (secondary N) is 2. The first-order valence-electron chi connectivity index (χ1n) is 10.8. The van der Waals surface area contributed by atoms with Gasteiger partial charge in [-0.15, -0.1) is 0 Å².